The molecule has 2 aromatic carbocycles. The van der Waals surface area contributed by atoms with Crippen molar-refractivity contribution < 1.29 is 17.0 Å². The van der Waals surface area contributed by atoms with Crippen LogP contribution in [0.1, 0.15) is 0 Å². The Hall–Kier alpha value is -2.60. The van der Waals surface area contributed by atoms with Gasteiger partial charge in [0.05, 0.1) is 0 Å². The number of fused-ring (bicyclic) bond motifs is 5. The Bertz CT molecular complexity index is 1050. The number of benzene rings is 2. The second-order valence-electron chi connectivity index (χ2n) is 4.64. The quantitative estimate of drug-likeness (QED) is 0.471. The van der Waals surface area contributed by atoms with E-state index in [1.807, 2.05) is 0 Å². The first-order valence-electron chi connectivity index (χ1n) is 6.17. The second-order valence-corrected chi connectivity index (χ2v) is 6.15. The summed E-state index contributed by atoms with van der Waals surface area (Å²) in [4.78, 5) is 11.4. The van der Waals surface area contributed by atoms with Gasteiger partial charge in [0.25, 0.3) is 0 Å². The fourth-order valence-corrected chi connectivity index (χ4v) is 3.68. The maximum Gasteiger partial charge on any atom is 0.339 e. The summed E-state index contributed by atoms with van der Waals surface area (Å²) in [6.07, 6.45) is 0. The first-order chi connectivity index (χ1) is 10.1. The molecule has 0 atom stereocenters. The highest BCUT2D eigenvalue weighted by atomic mass is 32.2. The standard InChI is InChI=1S/C15H8O5S/c16-14-8-5-9-11(19-14)6-7-12-15(9)10-3-1-2-4-13(10)21(17,18)20-12/h1-8H. The molecule has 0 N–H and O–H groups in total. The lowest BCUT2D eigenvalue weighted by molar-refractivity contribution is 0.483. The molecule has 6 heteroatoms. The van der Waals surface area contributed by atoms with Gasteiger partial charge in [-0.15, -0.1) is 0 Å². The SMILES string of the molecule is O=c1ccc2c3c(ccc2o1)OS(=O)(=O)c1ccccc1-3. The Kier molecular flexibility index (Phi) is 2.29. The van der Waals surface area contributed by atoms with Crippen LogP contribution in [0.5, 0.6) is 5.75 Å². The topological polar surface area (TPSA) is 73.6 Å². The van der Waals surface area contributed by atoms with Gasteiger partial charge in [-0.2, -0.15) is 8.42 Å². The Morgan fingerprint density at radius 2 is 1.71 bits per heavy atom. The summed E-state index contributed by atoms with van der Waals surface area (Å²) < 4.78 is 34.5. The second kappa shape index (κ2) is 3.95. The molecule has 0 aliphatic carbocycles. The molecule has 0 saturated heterocycles. The maximum atomic E-state index is 12.1. The van der Waals surface area contributed by atoms with Gasteiger partial charge in [0.2, 0.25) is 0 Å². The van der Waals surface area contributed by atoms with Gasteiger partial charge in [-0.1, -0.05) is 18.2 Å². The first kappa shape index (κ1) is 12.2. The van der Waals surface area contributed by atoms with Crippen molar-refractivity contribution in [2.24, 2.45) is 0 Å². The molecule has 21 heavy (non-hydrogen) atoms. The molecule has 0 fully saturated rings. The van der Waals surface area contributed by atoms with Crippen molar-refractivity contribution in [2.75, 3.05) is 0 Å². The van der Waals surface area contributed by atoms with E-state index in [1.54, 1.807) is 24.3 Å². The summed E-state index contributed by atoms with van der Waals surface area (Å²) >= 11 is 0. The van der Waals surface area contributed by atoms with Crippen LogP contribution in [-0.2, 0) is 10.1 Å². The van der Waals surface area contributed by atoms with Crippen LogP contribution >= 0.6 is 0 Å². The normalized spacial score (nSPS) is 15.0. The van der Waals surface area contributed by atoms with E-state index in [0.717, 1.165) is 0 Å². The van der Waals surface area contributed by atoms with Crippen LogP contribution in [0.2, 0.25) is 0 Å². The molecule has 0 bridgehead atoms. The van der Waals surface area contributed by atoms with Crippen LogP contribution in [0.15, 0.2) is 62.6 Å². The molecule has 0 radical (unpaired) electrons. The predicted molar refractivity (Wildman–Crippen MR) is 75.7 cm³/mol. The molecular formula is C15H8O5S. The average molecular weight is 300 g/mol. The summed E-state index contributed by atoms with van der Waals surface area (Å²) in [5.74, 6) is 0.232. The minimum absolute atomic E-state index is 0.108. The van der Waals surface area contributed by atoms with Crippen LogP contribution in [0, 0.1) is 0 Å². The van der Waals surface area contributed by atoms with Crippen molar-refractivity contribution in [3.05, 3.63) is 59.0 Å². The van der Waals surface area contributed by atoms with Crippen molar-refractivity contribution in [3.8, 4) is 16.9 Å². The molecule has 1 aromatic heterocycles. The van der Waals surface area contributed by atoms with E-state index in [0.29, 0.717) is 22.1 Å². The monoisotopic (exact) mass is 300 g/mol. The maximum absolute atomic E-state index is 12.1. The zero-order chi connectivity index (χ0) is 14.6. The summed E-state index contributed by atoms with van der Waals surface area (Å²) in [6, 6.07) is 12.5. The molecule has 2 heterocycles. The Morgan fingerprint density at radius 3 is 2.57 bits per heavy atom. The highest BCUT2D eigenvalue weighted by Crippen LogP contribution is 2.44. The zero-order valence-electron chi connectivity index (χ0n) is 10.6. The zero-order valence-corrected chi connectivity index (χ0v) is 11.4. The Labute approximate surface area is 119 Å². The molecule has 3 aromatic rings. The minimum Gasteiger partial charge on any atom is -0.423 e. The predicted octanol–water partition coefficient (Wildman–Crippen LogP) is 2.54. The molecular weight excluding hydrogens is 292 g/mol. The summed E-state index contributed by atoms with van der Waals surface area (Å²) in [7, 11) is -3.82. The molecule has 0 unspecified atom stereocenters. The van der Waals surface area contributed by atoms with Gasteiger partial charge < -0.3 is 8.60 Å². The average Bonchev–Trinajstić information content (AvgIpc) is 2.46. The van der Waals surface area contributed by atoms with Crippen molar-refractivity contribution in [3.63, 3.8) is 0 Å². The van der Waals surface area contributed by atoms with Gasteiger partial charge in [0.15, 0.2) is 5.75 Å². The van der Waals surface area contributed by atoms with Crippen molar-refractivity contribution in [1.29, 1.82) is 0 Å². The Balaban J connectivity index is 2.20. The summed E-state index contributed by atoms with van der Waals surface area (Å²) in [5.41, 5.74) is 1.08. The van der Waals surface area contributed by atoms with Gasteiger partial charge in [0, 0.05) is 22.6 Å². The lowest BCUT2D eigenvalue weighted by Gasteiger charge is -2.21. The van der Waals surface area contributed by atoms with E-state index >= 15 is 0 Å². The van der Waals surface area contributed by atoms with Gasteiger partial charge >= 0.3 is 15.7 Å². The smallest absolute Gasteiger partial charge is 0.339 e. The molecule has 104 valence electrons. The highest BCUT2D eigenvalue weighted by molar-refractivity contribution is 7.87. The Morgan fingerprint density at radius 1 is 0.905 bits per heavy atom. The van der Waals surface area contributed by atoms with Gasteiger partial charge in [-0.3, -0.25) is 0 Å². The van der Waals surface area contributed by atoms with Crippen LogP contribution in [0.25, 0.3) is 22.1 Å². The van der Waals surface area contributed by atoms with E-state index < -0.39 is 15.7 Å². The van der Waals surface area contributed by atoms with E-state index in [4.69, 9.17) is 8.60 Å². The lowest BCUT2D eigenvalue weighted by Crippen LogP contribution is -2.16. The van der Waals surface area contributed by atoms with Gasteiger partial charge in [-0.05, 0) is 24.3 Å². The third-order valence-corrected chi connectivity index (χ3v) is 4.68. The van der Waals surface area contributed by atoms with Gasteiger partial charge in [0.1, 0.15) is 10.5 Å². The molecule has 1 aliphatic rings. The third kappa shape index (κ3) is 1.69. The van der Waals surface area contributed by atoms with Crippen LogP contribution in [0.3, 0.4) is 0 Å². The van der Waals surface area contributed by atoms with Crippen molar-refractivity contribution in [2.45, 2.75) is 4.90 Å². The van der Waals surface area contributed by atoms with E-state index in [-0.39, 0.29) is 10.6 Å². The van der Waals surface area contributed by atoms with Crippen molar-refractivity contribution >= 4 is 21.1 Å². The van der Waals surface area contributed by atoms with E-state index in [1.165, 1.54) is 24.3 Å². The minimum atomic E-state index is -3.82. The first-order valence-corrected chi connectivity index (χ1v) is 7.58. The third-order valence-electron chi connectivity index (χ3n) is 3.39. The molecule has 0 amide bonds. The summed E-state index contributed by atoms with van der Waals surface area (Å²) in [6.45, 7) is 0. The lowest BCUT2D eigenvalue weighted by atomic mass is 10.00. The number of rotatable bonds is 0. The molecule has 4 rings (SSSR count). The molecule has 0 spiro atoms. The summed E-state index contributed by atoms with van der Waals surface area (Å²) in [5, 5.41) is 0.634. The van der Waals surface area contributed by atoms with Crippen LogP contribution in [-0.4, -0.2) is 8.42 Å². The number of hydrogen-bond acceptors (Lipinski definition) is 5. The van der Waals surface area contributed by atoms with Crippen LogP contribution < -0.4 is 9.81 Å². The van der Waals surface area contributed by atoms with Gasteiger partial charge in [-0.25, -0.2) is 4.79 Å². The molecule has 1 aliphatic heterocycles. The molecule has 0 saturated carbocycles. The number of hydrogen-bond donors (Lipinski definition) is 0. The highest BCUT2D eigenvalue weighted by Gasteiger charge is 2.30. The fraction of sp³-hybridized carbons (Fsp3) is 0. The van der Waals surface area contributed by atoms with Crippen molar-refractivity contribution in [1.82, 2.24) is 0 Å². The van der Waals surface area contributed by atoms with E-state index in [2.05, 4.69) is 0 Å². The van der Waals surface area contributed by atoms with E-state index in [9.17, 15) is 13.2 Å². The molecule has 5 nitrogen and oxygen atoms in total. The van der Waals surface area contributed by atoms with Crippen LogP contribution in [0.4, 0.5) is 0 Å². The fourth-order valence-electron chi connectivity index (χ4n) is 2.53. The largest absolute Gasteiger partial charge is 0.423 e.